The van der Waals surface area contributed by atoms with Crippen LogP contribution in [0.1, 0.15) is 27.2 Å². The SMILES string of the molecule is COP(=O)(c1cc(C)cc(C)c1)c1c(C(=O)NCc2cnc[n+](O)c2)[nH]c2ccc(Cl)cc12. The molecule has 1 amide bonds. The van der Waals surface area contributed by atoms with E-state index in [4.69, 9.17) is 16.1 Å². The molecule has 0 saturated carbocycles. The van der Waals surface area contributed by atoms with Gasteiger partial charge in [-0.15, -0.1) is 0 Å². The van der Waals surface area contributed by atoms with Gasteiger partial charge in [0.1, 0.15) is 18.1 Å². The number of carbonyl (C=O) groups excluding carboxylic acids is 1. The van der Waals surface area contributed by atoms with Crippen LogP contribution in [0.25, 0.3) is 10.9 Å². The van der Waals surface area contributed by atoms with Crippen molar-refractivity contribution in [2.24, 2.45) is 0 Å². The molecule has 3 N–H and O–H groups in total. The van der Waals surface area contributed by atoms with Crippen LogP contribution in [0.15, 0.2) is 55.1 Å². The third-order valence-corrected chi connectivity index (χ3v) is 7.98. The molecule has 0 aliphatic carbocycles. The second kappa shape index (κ2) is 8.98. The number of rotatable bonds is 6. The molecule has 33 heavy (non-hydrogen) atoms. The lowest BCUT2D eigenvalue weighted by Gasteiger charge is -2.19. The number of hydrogen-bond donors (Lipinski definition) is 3. The van der Waals surface area contributed by atoms with Gasteiger partial charge in [-0.05, 0) is 44.2 Å². The largest absolute Gasteiger partial charge is 0.350 e. The minimum Gasteiger partial charge on any atom is -0.350 e. The standard InChI is InChI=1S/C23H22ClN4O4P/c1-14-6-15(2)8-18(7-14)33(31,32-3)22-19-9-17(24)4-5-20(19)27-21(22)23(29)26-11-16-10-25-13-28(30)12-16/h4-10,12-13H,11H2,1-3H3,(H2-,26,27,29,30,31)/p+1. The first-order chi connectivity index (χ1) is 15.7. The van der Waals surface area contributed by atoms with Crippen LogP contribution in [0.2, 0.25) is 5.02 Å². The van der Waals surface area contributed by atoms with Gasteiger partial charge in [0, 0.05) is 28.3 Å². The molecule has 0 bridgehead atoms. The molecule has 2 aromatic carbocycles. The Hall–Kier alpha value is -3.19. The first kappa shape index (κ1) is 23.0. The smallest absolute Gasteiger partial charge is 0.324 e. The first-order valence-electron chi connectivity index (χ1n) is 10.1. The maximum atomic E-state index is 14.4. The van der Waals surface area contributed by atoms with Gasteiger partial charge in [-0.3, -0.25) is 9.36 Å². The van der Waals surface area contributed by atoms with E-state index in [2.05, 4.69) is 15.3 Å². The molecule has 4 rings (SSSR count). The van der Waals surface area contributed by atoms with Crippen LogP contribution in [0, 0.1) is 13.8 Å². The molecule has 4 aromatic rings. The average molecular weight is 486 g/mol. The molecule has 2 aromatic heterocycles. The van der Waals surface area contributed by atoms with Gasteiger partial charge >= 0.3 is 6.33 Å². The van der Waals surface area contributed by atoms with E-state index in [0.29, 0.717) is 26.8 Å². The zero-order chi connectivity index (χ0) is 23.8. The third kappa shape index (κ3) is 4.50. The van der Waals surface area contributed by atoms with E-state index in [-0.39, 0.29) is 17.5 Å². The molecule has 8 nitrogen and oxygen atoms in total. The molecule has 0 aliphatic heterocycles. The predicted octanol–water partition coefficient (Wildman–Crippen LogP) is 3.16. The zero-order valence-electron chi connectivity index (χ0n) is 18.3. The summed E-state index contributed by atoms with van der Waals surface area (Å²) in [6, 6.07) is 10.7. The quantitative estimate of drug-likeness (QED) is 0.221. The van der Waals surface area contributed by atoms with Gasteiger partial charge in [0.15, 0.2) is 0 Å². The van der Waals surface area contributed by atoms with Crippen LogP contribution in [0.5, 0.6) is 0 Å². The fourth-order valence-electron chi connectivity index (χ4n) is 3.86. The Labute approximate surface area is 195 Å². The van der Waals surface area contributed by atoms with Crippen molar-refractivity contribution >= 4 is 46.4 Å². The Bertz CT molecular complexity index is 1400. The van der Waals surface area contributed by atoms with Crippen molar-refractivity contribution in [3.63, 3.8) is 0 Å². The Morgan fingerprint density at radius 2 is 1.97 bits per heavy atom. The zero-order valence-corrected chi connectivity index (χ0v) is 19.9. The number of aryl methyl sites for hydroxylation is 2. The van der Waals surface area contributed by atoms with Crippen LogP contribution >= 0.6 is 19.0 Å². The summed E-state index contributed by atoms with van der Waals surface area (Å²) in [5.41, 5.74) is 3.17. The molecule has 0 aliphatic rings. The lowest BCUT2D eigenvalue weighted by Crippen LogP contribution is -2.33. The maximum absolute atomic E-state index is 14.4. The summed E-state index contributed by atoms with van der Waals surface area (Å²) >= 11 is 6.25. The Balaban J connectivity index is 1.85. The number of benzene rings is 2. The van der Waals surface area contributed by atoms with Crippen molar-refractivity contribution in [1.82, 2.24) is 15.3 Å². The van der Waals surface area contributed by atoms with Crippen molar-refractivity contribution < 1.29 is 23.8 Å². The summed E-state index contributed by atoms with van der Waals surface area (Å²) in [5.74, 6) is -0.479. The van der Waals surface area contributed by atoms with E-state index in [0.717, 1.165) is 15.9 Å². The lowest BCUT2D eigenvalue weighted by atomic mass is 10.2. The maximum Gasteiger partial charge on any atom is 0.324 e. The number of aromatic nitrogens is 3. The number of nitrogens with zero attached hydrogens (tertiary/aromatic N) is 2. The highest BCUT2D eigenvalue weighted by atomic mass is 35.5. The number of halogens is 1. The number of aromatic amines is 1. The van der Waals surface area contributed by atoms with Crippen molar-refractivity contribution in [2.45, 2.75) is 20.4 Å². The summed E-state index contributed by atoms with van der Waals surface area (Å²) < 4.78 is 20.9. The van der Waals surface area contributed by atoms with Crippen LogP contribution in [-0.2, 0) is 15.6 Å². The molecule has 1 atom stereocenters. The first-order valence-corrected chi connectivity index (χ1v) is 12.1. The summed E-state index contributed by atoms with van der Waals surface area (Å²) in [5, 5.41) is 14.1. The molecule has 0 radical (unpaired) electrons. The van der Waals surface area contributed by atoms with Crippen molar-refractivity contribution in [3.05, 3.63) is 82.5 Å². The molecular formula is C23H23ClN4O4P+. The number of carbonyl (C=O) groups is 1. The Kier molecular flexibility index (Phi) is 6.26. The molecule has 170 valence electrons. The number of H-pyrrole nitrogens is 1. The minimum absolute atomic E-state index is 0.101. The van der Waals surface area contributed by atoms with Gasteiger partial charge < -0.3 is 20.0 Å². The van der Waals surface area contributed by atoms with E-state index in [9.17, 15) is 14.6 Å². The monoisotopic (exact) mass is 485 g/mol. The fraction of sp³-hybridized carbons (Fsp3) is 0.174. The van der Waals surface area contributed by atoms with Crippen molar-refractivity contribution in [3.8, 4) is 0 Å². The minimum atomic E-state index is -3.68. The van der Waals surface area contributed by atoms with Crippen LogP contribution < -0.4 is 20.7 Å². The highest BCUT2D eigenvalue weighted by molar-refractivity contribution is 7.75. The van der Waals surface area contributed by atoms with Gasteiger partial charge in [-0.25, -0.2) is 0 Å². The topological polar surface area (TPSA) is 108 Å². The Morgan fingerprint density at radius 1 is 1.24 bits per heavy atom. The number of nitrogens with one attached hydrogen (secondary N) is 2. The summed E-state index contributed by atoms with van der Waals surface area (Å²) in [7, 11) is -2.30. The molecule has 1 unspecified atom stereocenters. The second-order valence-corrected chi connectivity index (χ2v) is 10.6. The molecule has 10 heteroatoms. The molecule has 0 fully saturated rings. The highest BCUT2D eigenvalue weighted by Gasteiger charge is 2.36. The average Bonchev–Trinajstić information content (AvgIpc) is 3.15. The molecule has 0 spiro atoms. The van der Waals surface area contributed by atoms with E-state index in [1.807, 2.05) is 19.9 Å². The predicted molar refractivity (Wildman–Crippen MR) is 126 cm³/mol. The van der Waals surface area contributed by atoms with Crippen LogP contribution in [0.4, 0.5) is 0 Å². The Morgan fingerprint density at radius 3 is 2.64 bits per heavy atom. The van der Waals surface area contributed by atoms with Gasteiger partial charge in [0.2, 0.25) is 0 Å². The third-order valence-electron chi connectivity index (χ3n) is 5.23. The van der Waals surface area contributed by atoms with Crippen LogP contribution in [0.3, 0.4) is 0 Å². The second-order valence-electron chi connectivity index (χ2n) is 7.78. The van der Waals surface area contributed by atoms with Gasteiger partial charge in [0.05, 0.1) is 17.4 Å². The number of amides is 1. The normalized spacial score (nSPS) is 13.1. The van der Waals surface area contributed by atoms with Crippen molar-refractivity contribution in [2.75, 3.05) is 7.11 Å². The summed E-state index contributed by atoms with van der Waals surface area (Å²) in [6.07, 6.45) is 4.17. The summed E-state index contributed by atoms with van der Waals surface area (Å²) in [4.78, 5) is 20.2. The van der Waals surface area contributed by atoms with E-state index in [1.54, 1.807) is 30.3 Å². The molecule has 0 saturated heterocycles. The van der Waals surface area contributed by atoms with Crippen molar-refractivity contribution in [1.29, 1.82) is 0 Å². The van der Waals surface area contributed by atoms with Gasteiger partial charge in [-0.1, -0.05) is 38.5 Å². The number of fused-ring (bicyclic) bond motifs is 1. The van der Waals surface area contributed by atoms with Gasteiger partial charge in [-0.2, -0.15) is 0 Å². The van der Waals surface area contributed by atoms with Crippen LogP contribution in [-0.4, -0.2) is 28.2 Å². The molecule has 2 heterocycles. The van der Waals surface area contributed by atoms with E-state index >= 15 is 0 Å². The highest BCUT2D eigenvalue weighted by Crippen LogP contribution is 2.47. The van der Waals surface area contributed by atoms with E-state index in [1.165, 1.54) is 25.8 Å². The number of hydrogen-bond acceptors (Lipinski definition) is 5. The summed E-state index contributed by atoms with van der Waals surface area (Å²) in [6.45, 7) is 3.93. The molecular weight excluding hydrogens is 463 g/mol. The van der Waals surface area contributed by atoms with E-state index < -0.39 is 13.3 Å². The fourth-order valence-corrected chi connectivity index (χ4v) is 6.39. The van der Waals surface area contributed by atoms with Gasteiger partial charge in [0.25, 0.3) is 13.3 Å². The lowest BCUT2D eigenvalue weighted by molar-refractivity contribution is -0.907.